The summed E-state index contributed by atoms with van der Waals surface area (Å²) < 4.78 is 21.4. The molecule has 1 aliphatic heterocycles. The highest BCUT2D eigenvalue weighted by Crippen LogP contribution is 2.32. The molecule has 0 saturated carbocycles. The van der Waals surface area contributed by atoms with E-state index < -0.39 is 0 Å². The Morgan fingerprint density at radius 3 is 2.28 bits per heavy atom. The van der Waals surface area contributed by atoms with E-state index in [2.05, 4.69) is 5.32 Å². The lowest BCUT2D eigenvalue weighted by Gasteiger charge is -2.22. The van der Waals surface area contributed by atoms with E-state index in [1.54, 1.807) is 36.4 Å². The van der Waals surface area contributed by atoms with E-state index in [1.165, 1.54) is 19.1 Å². The zero-order valence-corrected chi connectivity index (χ0v) is 16.7. The Morgan fingerprint density at radius 2 is 1.66 bits per heavy atom. The van der Waals surface area contributed by atoms with Gasteiger partial charge in [0.25, 0.3) is 5.91 Å². The molecule has 0 atom stereocenters. The number of ether oxygens (including phenoxy) is 4. The Balaban J connectivity index is 1.69. The number of amides is 2. The molecule has 0 saturated heterocycles. The van der Waals surface area contributed by atoms with Crippen molar-refractivity contribution in [1.82, 2.24) is 4.90 Å². The predicted octanol–water partition coefficient (Wildman–Crippen LogP) is 2.58. The second-order valence-electron chi connectivity index (χ2n) is 6.33. The third-order valence-corrected chi connectivity index (χ3v) is 4.43. The highest BCUT2D eigenvalue weighted by Gasteiger charge is 2.20. The molecular weight excluding hydrogens is 376 g/mol. The Bertz CT molecular complexity index is 876. The van der Waals surface area contributed by atoms with Crippen LogP contribution in [0.1, 0.15) is 17.3 Å². The van der Waals surface area contributed by atoms with Gasteiger partial charge in [-0.3, -0.25) is 9.59 Å². The molecule has 8 heteroatoms. The summed E-state index contributed by atoms with van der Waals surface area (Å²) in [4.78, 5) is 26.8. The summed E-state index contributed by atoms with van der Waals surface area (Å²) in [6.45, 7) is 3.05. The van der Waals surface area contributed by atoms with Crippen molar-refractivity contribution in [1.29, 1.82) is 0 Å². The summed E-state index contributed by atoms with van der Waals surface area (Å²) in [6, 6.07) is 10.1. The zero-order valence-electron chi connectivity index (χ0n) is 16.7. The molecule has 8 nitrogen and oxygen atoms in total. The summed E-state index contributed by atoms with van der Waals surface area (Å²) in [5.74, 6) is 1.63. The van der Waals surface area contributed by atoms with Gasteiger partial charge in [0.1, 0.15) is 31.3 Å². The first-order valence-corrected chi connectivity index (χ1v) is 9.26. The third-order valence-electron chi connectivity index (χ3n) is 4.43. The molecule has 2 amide bonds. The number of benzene rings is 2. The highest BCUT2D eigenvalue weighted by atomic mass is 16.6. The topological polar surface area (TPSA) is 86.3 Å². The fourth-order valence-electron chi connectivity index (χ4n) is 2.94. The minimum Gasteiger partial charge on any atom is -0.497 e. The molecule has 0 fully saturated rings. The van der Waals surface area contributed by atoms with E-state index in [9.17, 15) is 9.59 Å². The van der Waals surface area contributed by atoms with Crippen molar-refractivity contribution >= 4 is 17.5 Å². The Labute approximate surface area is 169 Å². The smallest absolute Gasteiger partial charge is 0.254 e. The van der Waals surface area contributed by atoms with Crippen molar-refractivity contribution in [2.24, 2.45) is 0 Å². The van der Waals surface area contributed by atoms with E-state index in [0.29, 0.717) is 54.0 Å². The van der Waals surface area contributed by atoms with E-state index in [4.69, 9.17) is 18.9 Å². The second-order valence-corrected chi connectivity index (χ2v) is 6.33. The summed E-state index contributed by atoms with van der Waals surface area (Å²) in [7, 11) is 3.03. The largest absolute Gasteiger partial charge is 0.497 e. The maximum Gasteiger partial charge on any atom is 0.254 e. The molecule has 0 radical (unpaired) electrons. The molecule has 1 heterocycles. The Hall–Kier alpha value is -3.42. The quantitative estimate of drug-likeness (QED) is 0.769. The number of carbonyl (C=O) groups excluding carboxylic acids is 2. The van der Waals surface area contributed by atoms with E-state index in [1.807, 2.05) is 6.92 Å². The van der Waals surface area contributed by atoms with Gasteiger partial charge in [0.2, 0.25) is 5.91 Å². The van der Waals surface area contributed by atoms with Gasteiger partial charge in [0.05, 0.1) is 14.2 Å². The molecule has 0 unspecified atom stereocenters. The first kappa shape index (κ1) is 20.3. The van der Waals surface area contributed by atoms with Gasteiger partial charge in [0, 0.05) is 29.9 Å². The molecule has 0 aliphatic carbocycles. The zero-order chi connectivity index (χ0) is 20.8. The monoisotopic (exact) mass is 400 g/mol. The van der Waals surface area contributed by atoms with Gasteiger partial charge in [0.15, 0.2) is 11.5 Å². The number of nitrogens with one attached hydrogen (secondary N) is 1. The lowest BCUT2D eigenvalue weighted by molar-refractivity contribution is -0.116. The molecule has 3 rings (SSSR count). The molecule has 154 valence electrons. The number of fused-ring (bicyclic) bond motifs is 1. The van der Waals surface area contributed by atoms with Gasteiger partial charge >= 0.3 is 0 Å². The number of hydrogen-bond donors (Lipinski definition) is 1. The minimum absolute atomic E-state index is 0.0939. The van der Waals surface area contributed by atoms with Gasteiger partial charge in [-0.25, -0.2) is 0 Å². The highest BCUT2D eigenvalue weighted by molar-refractivity contribution is 6.00. The summed E-state index contributed by atoms with van der Waals surface area (Å²) in [6.07, 6.45) is 0. The molecule has 0 spiro atoms. The normalized spacial score (nSPS) is 12.1. The summed E-state index contributed by atoms with van der Waals surface area (Å²) >= 11 is 0. The standard InChI is InChI=1S/C21H24N2O6/c1-4-23(21(25)14-9-16(26-2)12-17(10-14)27-3)13-20(24)22-15-5-6-18-19(11-15)29-8-7-28-18/h5-6,9-12H,4,7-8,13H2,1-3H3,(H,22,24). The maximum absolute atomic E-state index is 12.9. The van der Waals surface area contributed by atoms with Crippen LogP contribution in [0.3, 0.4) is 0 Å². The fourth-order valence-corrected chi connectivity index (χ4v) is 2.94. The average Bonchev–Trinajstić information content (AvgIpc) is 2.76. The van der Waals surface area contributed by atoms with E-state index in [-0.39, 0.29) is 18.4 Å². The van der Waals surface area contributed by atoms with Crippen molar-refractivity contribution in [2.75, 3.05) is 45.8 Å². The van der Waals surface area contributed by atoms with Gasteiger partial charge in [-0.1, -0.05) is 0 Å². The predicted molar refractivity (Wildman–Crippen MR) is 107 cm³/mol. The molecule has 29 heavy (non-hydrogen) atoms. The average molecular weight is 400 g/mol. The van der Waals surface area contributed by atoms with Crippen molar-refractivity contribution in [3.8, 4) is 23.0 Å². The third kappa shape index (κ3) is 4.90. The molecule has 2 aromatic carbocycles. The summed E-state index contributed by atoms with van der Waals surface area (Å²) in [5.41, 5.74) is 0.959. The van der Waals surface area contributed by atoms with Crippen LogP contribution >= 0.6 is 0 Å². The fraction of sp³-hybridized carbons (Fsp3) is 0.333. The van der Waals surface area contributed by atoms with Crippen molar-refractivity contribution in [3.05, 3.63) is 42.0 Å². The molecule has 1 aliphatic rings. The van der Waals surface area contributed by atoms with Crippen LogP contribution in [0.4, 0.5) is 5.69 Å². The van der Waals surface area contributed by atoms with Crippen molar-refractivity contribution in [2.45, 2.75) is 6.92 Å². The van der Waals surface area contributed by atoms with Crippen molar-refractivity contribution < 1.29 is 28.5 Å². The van der Waals surface area contributed by atoms with Crippen LogP contribution in [0, 0.1) is 0 Å². The number of nitrogens with zero attached hydrogens (tertiary/aromatic N) is 1. The summed E-state index contributed by atoms with van der Waals surface area (Å²) in [5, 5.41) is 2.79. The van der Waals surface area contributed by atoms with Gasteiger partial charge in [-0.05, 0) is 31.2 Å². The number of rotatable bonds is 7. The number of hydrogen-bond acceptors (Lipinski definition) is 6. The molecule has 2 aromatic rings. The van der Waals surface area contributed by atoms with Gasteiger partial charge in [-0.2, -0.15) is 0 Å². The van der Waals surface area contributed by atoms with Gasteiger partial charge < -0.3 is 29.2 Å². The first-order chi connectivity index (χ1) is 14.0. The SMILES string of the molecule is CCN(CC(=O)Nc1ccc2c(c1)OCCO2)C(=O)c1cc(OC)cc(OC)c1. The molecule has 0 bridgehead atoms. The molecule has 1 N–H and O–H groups in total. The van der Waals surface area contributed by atoms with Crippen LogP contribution in [0.5, 0.6) is 23.0 Å². The van der Waals surface area contributed by atoms with E-state index in [0.717, 1.165) is 0 Å². The Kier molecular flexibility index (Phi) is 6.43. The van der Waals surface area contributed by atoms with Crippen LogP contribution in [0.25, 0.3) is 0 Å². The number of carbonyl (C=O) groups is 2. The lowest BCUT2D eigenvalue weighted by atomic mass is 10.1. The lowest BCUT2D eigenvalue weighted by Crippen LogP contribution is -2.37. The van der Waals surface area contributed by atoms with Crippen LogP contribution in [-0.4, -0.2) is 57.2 Å². The minimum atomic E-state index is -0.313. The second kappa shape index (κ2) is 9.18. The van der Waals surface area contributed by atoms with Crippen LogP contribution in [0.15, 0.2) is 36.4 Å². The van der Waals surface area contributed by atoms with Crippen LogP contribution in [-0.2, 0) is 4.79 Å². The van der Waals surface area contributed by atoms with Gasteiger partial charge in [-0.15, -0.1) is 0 Å². The number of anilines is 1. The van der Waals surface area contributed by atoms with E-state index >= 15 is 0 Å². The maximum atomic E-state index is 12.9. The number of likely N-dealkylation sites (N-methyl/N-ethyl adjacent to an activating group) is 1. The Morgan fingerprint density at radius 1 is 1.00 bits per heavy atom. The van der Waals surface area contributed by atoms with Crippen molar-refractivity contribution in [3.63, 3.8) is 0 Å². The first-order valence-electron chi connectivity index (χ1n) is 9.26. The van der Waals surface area contributed by atoms with Crippen LogP contribution < -0.4 is 24.3 Å². The molecular formula is C21H24N2O6. The van der Waals surface area contributed by atoms with Crippen LogP contribution in [0.2, 0.25) is 0 Å². The molecule has 0 aromatic heterocycles. The number of methoxy groups -OCH3 is 2.